The van der Waals surface area contributed by atoms with Crippen molar-refractivity contribution in [1.82, 2.24) is 5.48 Å². The van der Waals surface area contributed by atoms with Gasteiger partial charge in [0.15, 0.2) is 0 Å². The van der Waals surface area contributed by atoms with E-state index in [4.69, 9.17) is 9.26 Å². The van der Waals surface area contributed by atoms with E-state index < -0.39 is 20.0 Å². The summed E-state index contributed by atoms with van der Waals surface area (Å²) in [4.78, 5) is 11.4. The Morgan fingerprint density at radius 1 is 1.06 bits per heavy atom. The minimum absolute atomic E-state index is 0.0576. The smallest absolute Gasteiger partial charge is 0.430 e. The number of rotatable bonds is 2. The Kier molecular flexibility index (Phi) is 4.59. The second-order valence-corrected chi connectivity index (χ2v) is 11.2. The van der Waals surface area contributed by atoms with Gasteiger partial charge in [-0.05, 0) is 38.9 Å². The predicted octanol–water partition coefficient (Wildman–Crippen LogP) is 3.45. The lowest BCUT2D eigenvalue weighted by molar-refractivity contribution is 0.0257. The zero-order valence-corrected chi connectivity index (χ0v) is 12.7. The van der Waals surface area contributed by atoms with Crippen molar-refractivity contribution in [3.63, 3.8) is 0 Å². The van der Waals surface area contributed by atoms with Gasteiger partial charge in [-0.15, -0.1) is 0 Å². The Morgan fingerprint density at radius 3 is 1.81 bits per heavy atom. The van der Waals surface area contributed by atoms with Gasteiger partial charge in [0, 0.05) is 0 Å². The minimum atomic E-state index is -1.95. The van der Waals surface area contributed by atoms with E-state index in [0.717, 1.165) is 0 Å². The molecule has 0 bridgehead atoms. The first-order chi connectivity index (χ1) is 6.85. The van der Waals surface area contributed by atoms with Gasteiger partial charge in [-0.1, -0.05) is 20.8 Å². The van der Waals surface area contributed by atoms with Crippen LogP contribution in [0, 0.1) is 0 Å². The third-order valence-corrected chi connectivity index (χ3v) is 6.82. The Hall–Kier alpha value is -0.553. The van der Waals surface area contributed by atoms with Crippen LogP contribution in [-0.4, -0.2) is 20.0 Å². The molecule has 0 unspecified atom stereocenters. The van der Waals surface area contributed by atoms with Crippen LogP contribution >= 0.6 is 0 Å². The monoisotopic (exact) mass is 247 g/mol. The van der Waals surface area contributed by atoms with E-state index in [1.54, 1.807) is 0 Å². The average molecular weight is 247 g/mol. The van der Waals surface area contributed by atoms with Crippen molar-refractivity contribution in [2.45, 2.75) is 65.3 Å². The zero-order valence-electron chi connectivity index (χ0n) is 11.7. The molecule has 0 saturated carbocycles. The first kappa shape index (κ1) is 15.4. The molecule has 0 atom stereocenters. The van der Waals surface area contributed by atoms with Gasteiger partial charge in [-0.3, -0.25) is 0 Å². The molecule has 0 saturated heterocycles. The summed E-state index contributed by atoms with van der Waals surface area (Å²) in [5, 5.41) is 0.0576. The topological polar surface area (TPSA) is 47.6 Å². The fourth-order valence-corrected chi connectivity index (χ4v) is 1.27. The molecule has 96 valence electrons. The SMILES string of the molecule is CC(C)(C)OC(=O)NO[Si](C)(C)C(C)(C)C. The molecule has 1 amide bonds. The molecule has 4 nitrogen and oxygen atoms in total. The predicted molar refractivity (Wildman–Crippen MR) is 67.7 cm³/mol. The molecule has 0 aromatic rings. The molecule has 0 rings (SSSR count). The molecule has 1 N–H and O–H groups in total. The lowest BCUT2D eigenvalue weighted by Crippen LogP contribution is -2.47. The largest absolute Gasteiger partial charge is 0.442 e. The Balaban J connectivity index is 4.22. The van der Waals surface area contributed by atoms with Crippen molar-refractivity contribution >= 4 is 14.4 Å². The Bertz CT molecular complexity index is 251. The van der Waals surface area contributed by atoms with Gasteiger partial charge < -0.3 is 9.26 Å². The van der Waals surface area contributed by atoms with Crippen molar-refractivity contribution < 1.29 is 14.1 Å². The fraction of sp³-hybridized carbons (Fsp3) is 0.909. The third kappa shape index (κ3) is 5.51. The number of nitrogens with one attached hydrogen (secondary N) is 1. The van der Waals surface area contributed by atoms with Crippen LogP contribution in [0.1, 0.15) is 41.5 Å². The maximum atomic E-state index is 11.4. The van der Waals surface area contributed by atoms with Crippen LogP contribution in [-0.2, 0) is 9.26 Å². The van der Waals surface area contributed by atoms with Gasteiger partial charge in [0.2, 0.25) is 8.32 Å². The molecule has 0 aliphatic rings. The molecule has 0 radical (unpaired) electrons. The summed E-state index contributed by atoms with van der Waals surface area (Å²) in [5.41, 5.74) is 1.89. The highest BCUT2D eigenvalue weighted by atomic mass is 28.4. The molecule has 0 aromatic carbocycles. The molecule has 16 heavy (non-hydrogen) atoms. The summed E-state index contributed by atoms with van der Waals surface area (Å²) >= 11 is 0. The highest BCUT2D eigenvalue weighted by Gasteiger charge is 2.39. The lowest BCUT2D eigenvalue weighted by Gasteiger charge is -2.35. The number of carbonyl (C=O) groups excluding carboxylic acids is 1. The number of amides is 1. The Labute approximate surface area is 99.8 Å². The first-order valence-electron chi connectivity index (χ1n) is 5.52. The van der Waals surface area contributed by atoms with E-state index in [1.165, 1.54) is 0 Å². The van der Waals surface area contributed by atoms with Gasteiger partial charge in [0.1, 0.15) is 5.60 Å². The second kappa shape index (κ2) is 4.75. The van der Waals surface area contributed by atoms with E-state index in [0.29, 0.717) is 0 Å². The van der Waals surface area contributed by atoms with E-state index in [2.05, 4.69) is 39.3 Å². The summed E-state index contributed by atoms with van der Waals surface area (Å²) < 4.78 is 10.6. The molecule has 0 spiro atoms. The van der Waals surface area contributed by atoms with Crippen molar-refractivity contribution in [1.29, 1.82) is 0 Å². The van der Waals surface area contributed by atoms with Gasteiger partial charge >= 0.3 is 6.09 Å². The molecule has 0 aliphatic heterocycles. The van der Waals surface area contributed by atoms with Crippen LogP contribution in [0.2, 0.25) is 18.1 Å². The van der Waals surface area contributed by atoms with Crippen LogP contribution < -0.4 is 5.48 Å². The summed E-state index contributed by atoms with van der Waals surface area (Å²) in [6.07, 6.45) is -0.530. The van der Waals surface area contributed by atoms with E-state index in [9.17, 15) is 4.79 Å². The first-order valence-corrected chi connectivity index (χ1v) is 8.43. The molecule has 0 aromatic heterocycles. The molecule has 5 heteroatoms. The van der Waals surface area contributed by atoms with Crippen molar-refractivity contribution in [2.24, 2.45) is 0 Å². The summed E-state index contributed by atoms with van der Waals surface area (Å²) in [6.45, 7) is 15.9. The average Bonchev–Trinajstić information content (AvgIpc) is 1.95. The van der Waals surface area contributed by atoms with Crippen molar-refractivity contribution in [3.05, 3.63) is 0 Å². The number of hydroxylamine groups is 1. The van der Waals surface area contributed by atoms with Crippen LogP contribution in [0.15, 0.2) is 0 Å². The highest BCUT2D eigenvalue weighted by molar-refractivity contribution is 6.74. The van der Waals surface area contributed by atoms with Crippen LogP contribution in [0.25, 0.3) is 0 Å². The van der Waals surface area contributed by atoms with Crippen molar-refractivity contribution in [2.75, 3.05) is 0 Å². The maximum absolute atomic E-state index is 11.4. The van der Waals surface area contributed by atoms with E-state index >= 15 is 0 Å². The number of carbonyl (C=O) groups is 1. The van der Waals surface area contributed by atoms with E-state index in [-0.39, 0.29) is 5.04 Å². The van der Waals surface area contributed by atoms with Crippen molar-refractivity contribution in [3.8, 4) is 0 Å². The zero-order chi connectivity index (χ0) is 13.2. The second-order valence-electron chi connectivity index (χ2n) is 6.47. The molecule has 0 aliphatic carbocycles. The molecular formula is C11H25NO3Si. The van der Waals surface area contributed by atoms with Gasteiger partial charge in [0.25, 0.3) is 0 Å². The third-order valence-electron chi connectivity index (χ3n) is 2.59. The van der Waals surface area contributed by atoms with E-state index in [1.807, 2.05) is 20.8 Å². The molecular weight excluding hydrogens is 222 g/mol. The van der Waals surface area contributed by atoms with Gasteiger partial charge in [0.05, 0.1) is 0 Å². The molecule has 0 fully saturated rings. The quantitative estimate of drug-likeness (QED) is 0.600. The number of hydrogen-bond donors (Lipinski definition) is 1. The highest BCUT2D eigenvalue weighted by Crippen LogP contribution is 2.35. The van der Waals surface area contributed by atoms with Crippen LogP contribution in [0.4, 0.5) is 4.79 Å². The molecule has 0 heterocycles. The summed E-state index contributed by atoms with van der Waals surface area (Å²) in [6, 6.07) is 0. The maximum Gasteiger partial charge on any atom is 0.430 e. The number of ether oxygens (including phenoxy) is 1. The summed E-state index contributed by atoms with van der Waals surface area (Å²) in [7, 11) is -1.95. The Morgan fingerprint density at radius 2 is 1.50 bits per heavy atom. The fourth-order valence-electron chi connectivity index (χ4n) is 0.621. The minimum Gasteiger partial charge on any atom is -0.442 e. The van der Waals surface area contributed by atoms with Crippen LogP contribution in [0.5, 0.6) is 0 Å². The normalized spacial score (nSPS) is 13.5. The van der Waals surface area contributed by atoms with Gasteiger partial charge in [-0.25, -0.2) is 10.3 Å². The standard InChI is InChI=1S/C11H25NO3Si/c1-10(2,3)14-9(13)12-15-16(7,8)11(4,5)6/h1-8H3,(H,12,13). The lowest BCUT2D eigenvalue weighted by atomic mass is 10.2. The summed E-state index contributed by atoms with van der Waals surface area (Å²) in [5.74, 6) is 0. The van der Waals surface area contributed by atoms with Gasteiger partial charge in [-0.2, -0.15) is 0 Å². The number of hydrogen-bond acceptors (Lipinski definition) is 3. The van der Waals surface area contributed by atoms with Crippen LogP contribution in [0.3, 0.4) is 0 Å².